The van der Waals surface area contributed by atoms with E-state index in [0.29, 0.717) is 0 Å². The predicted octanol–water partition coefficient (Wildman–Crippen LogP) is 6.54. The lowest BCUT2D eigenvalue weighted by atomic mass is 9.13. The average molecular weight is 480 g/mol. The summed E-state index contributed by atoms with van der Waals surface area (Å²) in [5.74, 6) is 0. The fraction of sp³-hybridized carbons (Fsp3) is 0.273. The van der Waals surface area contributed by atoms with E-state index in [1.165, 1.54) is 53.7 Å². The molecule has 0 spiro atoms. The Kier molecular flexibility index (Phi) is 10.4. The summed E-state index contributed by atoms with van der Waals surface area (Å²) >= 11 is 0. The normalized spacial score (nSPS) is 11.4. The van der Waals surface area contributed by atoms with Crippen LogP contribution in [0.4, 0.5) is 0 Å². The molecule has 0 nitrogen and oxygen atoms in total. The number of rotatable bonds is 9. The molecule has 0 saturated carbocycles. The lowest BCUT2D eigenvalue weighted by Crippen LogP contribution is -2.74. The molecule has 4 rings (SSSR count). The molecular weight excluding hydrogens is 438 g/mol. The standard InChI is InChI=1S/C24H20B.C9H22P/c1-5-13-21(14-6-1)25(22-15-7-2-8-16-22,23-17-9-3-10-18-23)24-19-11-4-12-20-24;1-5-6-7-8-9-10(2,3)4/h1-20H;5-9H2,1-4H3/q-1;+1. The lowest BCUT2D eigenvalue weighted by molar-refractivity contribution is 0.704. The van der Waals surface area contributed by atoms with Crippen molar-refractivity contribution in [2.45, 2.75) is 32.6 Å². The molecule has 0 heterocycles. The van der Waals surface area contributed by atoms with Crippen LogP contribution < -0.4 is 21.9 Å². The van der Waals surface area contributed by atoms with Gasteiger partial charge in [-0.2, -0.15) is 21.9 Å². The summed E-state index contributed by atoms with van der Waals surface area (Å²) < 4.78 is 0. The van der Waals surface area contributed by atoms with Gasteiger partial charge in [-0.1, -0.05) is 141 Å². The van der Waals surface area contributed by atoms with Crippen molar-refractivity contribution in [1.82, 2.24) is 0 Å². The summed E-state index contributed by atoms with van der Waals surface area (Å²) in [6.07, 6.45) is 5.99. The zero-order valence-electron chi connectivity index (χ0n) is 22.1. The summed E-state index contributed by atoms with van der Waals surface area (Å²) in [5, 5.41) is 0. The second kappa shape index (κ2) is 13.5. The van der Waals surface area contributed by atoms with Gasteiger partial charge < -0.3 is 0 Å². The van der Waals surface area contributed by atoms with Gasteiger partial charge in [0.05, 0.1) is 6.16 Å². The first-order chi connectivity index (χ1) is 17.0. The van der Waals surface area contributed by atoms with Crippen LogP contribution in [0, 0.1) is 0 Å². The predicted molar refractivity (Wildman–Crippen MR) is 164 cm³/mol. The molecule has 182 valence electrons. The first-order valence-electron chi connectivity index (χ1n) is 13.2. The molecule has 0 aliphatic heterocycles. The van der Waals surface area contributed by atoms with Crippen molar-refractivity contribution >= 4 is 35.3 Å². The molecule has 0 aromatic heterocycles. The minimum Gasteiger partial charge on any atom is -0.195 e. The molecule has 4 aromatic carbocycles. The Morgan fingerprint density at radius 3 is 1.03 bits per heavy atom. The SMILES string of the molecule is CCCCCC[P+](C)(C)C.c1ccc([B-](c2ccccc2)(c2ccccc2)c2ccccc2)cc1. The van der Waals surface area contributed by atoms with E-state index < -0.39 is 13.4 Å². The number of hydrogen-bond acceptors (Lipinski definition) is 0. The van der Waals surface area contributed by atoms with Crippen molar-refractivity contribution in [1.29, 1.82) is 0 Å². The van der Waals surface area contributed by atoms with E-state index in [1.807, 2.05) is 0 Å². The highest BCUT2D eigenvalue weighted by Gasteiger charge is 2.31. The second-order valence-electron chi connectivity index (χ2n) is 10.6. The quantitative estimate of drug-likeness (QED) is 0.145. The van der Waals surface area contributed by atoms with E-state index in [-0.39, 0.29) is 0 Å². The summed E-state index contributed by atoms with van der Waals surface area (Å²) in [5.41, 5.74) is 5.36. The molecule has 0 N–H and O–H groups in total. The summed E-state index contributed by atoms with van der Waals surface area (Å²) in [7, 11) is -0.456. The van der Waals surface area contributed by atoms with Gasteiger partial charge in [0.25, 0.3) is 0 Å². The minimum atomic E-state index is -1.22. The topological polar surface area (TPSA) is 0 Å². The molecule has 0 fully saturated rings. The fourth-order valence-corrected chi connectivity index (χ4v) is 6.31. The van der Waals surface area contributed by atoms with Crippen molar-refractivity contribution in [2.24, 2.45) is 0 Å². The monoisotopic (exact) mass is 480 g/mol. The van der Waals surface area contributed by atoms with Crippen LogP contribution in [0.2, 0.25) is 0 Å². The molecule has 35 heavy (non-hydrogen) atoms. The Labute approximate surface area is 215 Å². The Morgan fingerprint density at radius 2 is 0.771 bits per heavy atom. The first-order valence-corrected chi connectivity index (χ1v) is 16.5. The van der Waals surface area contributed by atoms with Gasteiger partial charge in [-0.25, -0.2) is 0 Å². The lowest BCUT2D eigenvalue weighted by Gasteiger charge is -2.44. The highest BCUT2D eigenvalue weighted by Crippen LogP contribution is 2.47. The first kappa shape index (κ1) is 27.0. The third kappa shape index (κ3) is 7.43. The van der Waals surface area contributed by atoms with Gasteiger partial charge in [-0.15, -0.1) is 0 Å². The largest absolute Gasteiger partial charge is 0.195 e. The third-order valence-corrected chi connectivity index (χ3v) is 8.54. The molecule has 0 aliphatic rings. The van der Waals surface area contributed by atoms with E-state index in [9.17, 15) is 0 Å². The Balaban J connectivity index is 0.000000292. The highest BCUT2D eigenvalue weighted by atomic mass is 31.2. The van der Waals surface area contributed by atoms with Gasteiger partial charge in [0, 0.05) is 27.3 Å². The summed E-state index contributed by atoms with van der Waals surface area (Å²) in [4.78, 5) is 0. The highest BCUT2D eigenvalue weighted by molar-refractivity contribution is 7.73. The number of hydrogen-bond donors (Lipinski definition) is 0. The van der Waals surface area contributed by atoms with Gasteiger partial charge in [0.15, 0.2) is 0 Å². The van der Waals surface area contributed by atoms with E-state index >= 15 is 0 Å². The second-order valence-corrected chi connectivity index (χ2v) is 15.6. The Bertz CT molecular complexity index is 924. The van der Waals surface area contributed by atoms with Gasteiger partial charge in [0.1, 0.15) is 6.15 Å². The summed E-state index contributed by atoms with van der Waals surface area (Å²) in [6, 6.07) is 43.5. The number of unbranched alkanes of at least 4 members (excludes halogenated alkanes) is 3. The van der Waals surface area contributed by atoms with Crippen molar-refractivity contribution < 1.29 is 0 Å². The smallest absolute Gasteiger partial charge is 0.108 e. The maximum Gasteiger partial charge on any atom is 0.108 e. The van der Waals surface area contributed by atoms with Crippen molar-refractivity contribution in [3.63, 3.8) is 0 Å². The zero-order chi connectivity index (χ0) is 25.0. The average Bonchev–Trinajstić information content (AvgIpc) is 2.90. The molecule has 0 amide bonds. The van der Waals surface area contributed by atoms with E-state index in [0.717, 1.165) is 0 Å². The van der Waals surface area contributed by atoms with Crippen LogP contribution >= 0.6 is 7.26 Å². The molecule has 0 atom stereocenters. The van der Waals surface area contributed by atoms with Gasteiger partial charge in [0.2, 0.25) is 0 Å². The van der Waals surface area contributed by atoms with Crippen LogP contribution in [0.5, 0.6) is 0 Å². The summed E-state index contributed by atoms with van der Waals surface area (Å²) in [6.45, 7) is 9.56. The van der Waals surface area contributed by atoms with E-state index in [1.54, 1.807) is 0 Å². The molecule has 2 heteroatoms. The molecule has 0 radical (unpaired) electrons. The molecule has 0 aliphatic carbocycles. The molecule has 0 unspecified atom stereocenters. The van der Waals surface area contributed by atoms with Gasteiger partial charge >= 0.3 is 0 Å². The van der Waals surface area contributed by atoms with Crippen LogP contribution in [0.3, 0.4) is 0 Å². The van der Waals surface area contributed by atoms with E-state index in [4.69, 9.17) is 0 Å². The third-order valence-electron chi connectivity index (χ3n) is 6.88. The van der Waals surface area contributed by atoms with Crippen molar-refractivity contribution in [3.8, 4) is 0 Å². The Hall–Kier alpha value is -2.63. The Morgan fingerprint density at radius 1 is 0.457 bits per heavy atom. The van der Waals surface area contributed by atoms with Crippen LogP contribution in [-0.2, 0) is 0 Å². The minimum absolute atomic E-state index is 0.456. The molecular formula is C33H42BP. The molecule has 4 aromatic rings. The maximum atomic E-state index is 2.43. The van der Waals surface area contributed by atoms with Crippen molar-refractivity contribution in [2.75, 3.05) is 26.2 Å². The fourth-order valence-electron chi connectivity index (χ4n) is 5.13. The van der Waals surface area contributed by atoms with E-state index in [2.05, 4.69) is 148 Å². The molecule has 0 bridgehead atoms. The van der Waals surface area contributed by atoms with Crippen LogP contribution in [0.1, 0.15) is 32.6 Å². The zero-order valence-corrected chi connectivity index (χ0v) is 23.0. The van der Waals surface area contributed by atoms with Crippen LogP contribution in [0.15, 0.2) is 121 Å². The van der Waals surface area contributed by atoms with Crippen LogP contribution in [0.25, 0.3) is 0 Å². The van der Waals surface area contributed by atoms with Gasteiger partial charge in [-0.3, -0.25) is 0 Å². The van der Waals surface area contributed by atoms with Crippen molar-refractivity contribution in [3.05, 3.63) is 121 Å². The van der Waals surface area contributed by atoms with Crippen LogP contribution in [-0.4, -0.2) is 32.3 Å². The molecule has 0 saturated heterocycles. The van der Waals surface area contributed by atoms with Gasteiger partial charge in [-0.05, 0) is 12.8 Å². The number of benzene rings is 4. The maximum absolute atomic E-state index is 2.43.